The minimum Gasteiger partial charge on any atom is -0.394 e. The normalized spacial score (nSPS) is 10.2. The van der Waals surface area contributed by atoms with Crippen molar-refractivity contribution in [3.05, 3.63) is 29.8 Å². The van der Waals surface area contributed by atoms with E-state index in [2.05, 4.69) is 10.6 Å². The van der Waals surface area contributed by atoms with Crippen LogP contribution in [0.4, 0.5) is 5.69 Å². The number of aliphatic hydroxyl groups is 2. The van der Waals surface area contributed by atoms with Crippen LogP contribution < -0.4 is 10.6 Å². The van der Waals surface area contributed by atoms with Crippen molar-refractivity contribution in [1.29, 1.82) is 0 Å². The Morgan fingerprint density at radius 3 is 2.50 bits per heavy atom. The summed E-state index contributed by atoms with van der Waals surface area (Å²) in [5.74, 6) is -0.647. The fourth-order valence-electron chi connectivity index (χ4n) is 1.36. The molecule has 0 aliphatic rings. The first kappa shape index (κ1) is 14.1. The lowest BCUT2D eigenvalue weighted by Gasteiger charge is -2.13. The van der Waals surface area contributed by atoms with Gasteiger partial charge in [0.1, 0.15) is 0 Å². The minimum absolute atomic E-state index is 0.226. The van der Waals surface area contributed by atoms with Gasteiger partial charge < -0.3 is 20.8 Å². The molecule has 0 bridgehead atoms. The van der Waals surface area contributed by atoms with Gasteiger partial charge in [0.15, 0.2) is 0 Å². The number of benzene rings is 1. The summed E-state index contributed by atoms with van der Waals surface area (Å²) in [5.41, 5.74) is 0.854. The molecule has 1 aromatic rings. The predicted octanol–water partition coefficient (Wildman–Crippen LogP) is -0.272. The largest absolute Gasteiger partial charge is 0.394 e. The summed E-state index contributed by atoms with van der Waals surface area (Å²) >= 11 is 0. The number of rotatable bonds is 5. The van der Waals surface area contributed by atoms with Gasteiger partial charge >= 0.3 is 0 Å². The Morgan fingerprint density at radius 1 is 1.28 bits per heavy atom. The SMILES string of the molecule is CC(=O)Nc1cccc(C(=O)NC(CO)CO)c1. The fourth-order valence-corrected chi connectivity index (χ4v) is 1.36. The van der Waals surface area contributed by atoms with Gasteiger partial charge in [-0.25, -0.2) is 0 Å². The Morgan fingerprint density at radius 2 is 1.94 bits per heavy atom. The number of aliphatic hydroxyl groups excluding tert-OH is 2. The molecule has 1 aromatic carbocycles. The summed E-state index contributed by atoms with van der Waals surface area (Å²) in [5, 5.41) is 22.8. The number of hydrogen-bond donors (Lipinski definition) is 4. The highest BCUT2D eigenvalue weighted by Gasteiger charge is 2.12. The van der Waals surface area contributed by atoms with E-state index in [1.807, 2.05) is 0 Å². The van der Waals surface area contributed by atoms with Crippen LogP contribution in [-0.4, -0.2) is 41.3 Å². The van der Waals surface area contributed by atoms with E-state index < -0.39 is 11.9 Å². The molecule has 6 heteroatoms. The molecule has 0 unspecified atom stereocenters. The van der Waals surface area contributed by atoms with Crippen LogP contribution in [0.15, 0.2) is 24.3 Å². The molecule has 18 heavy (non-hydrogen) atoms. The van der Waals surface area contributed by atoms with Crippen molar-refractivity contribution in [3.8, 4) is 0 Å². The van der Waals surface area contributed by atoms with Crippen molar-refractivity contribution >= 4 is 17.5 Å². The van der Waals surface area contributed by atoms with E-state index in [0.29, 0.717) is 11.3 Å². The summed E-state index contributed by atoms with van der Waals surface area (Å²) < 4.78 is 0. The number of hydrogen-bond acceptors (Lipinski definition) is 4. The van der Waals surface area contributed by atoms with Crippen LogP contribution in [0.2, 0.25) is 0 Å². The first-order valence-corrected chi connectivity index (χ1v) is 5.47. The number of anilines is 1. The number of nitrogens with one attached hydrogen (secondary N) is 2. The van der Waals surface area contributed by atoms with Crippen LogP contribution in [-0.2, 0) is 4.79 Å². The second-order valence-electron chi connectivity index (χ2n) is 3.80. The maximum absolute atomic E-state index is 11.8. The van der Waals surface area contributed by atoms with Crippen molar-refractivity contribution in [2.24, 2.45) is 0 Å². The summed E-state index contributed by atoms with van der Waals surface area (Å²) in [7, 11) is 0. The van der Waals surface area contributed by atoms with E-state index in [9.17, 15) is 9.59 Å². The number of carbonyl (C=O) groups excluding carboxylic acids is 2. The molecule has 0 aliphatic heterocycles. The molecule has 0 spiro atoms. The van der Waals surface area contributed by atoms with E-state index in [1.165, 1.54) is 13.0 Å². The van der Waals surface area contributed by atoms with Gasteiger partial charge in [-0.15, -0.1) is 0 Å². The zero-order valence-corrected chi connectivity index (χ0v) is 10.0. The Labute approximate surface area is 105 Å². The van der Waals surface area contributed by atoms with Gasteiger partial charge in [0.05, 0.1) is 19.3 Å². The zero-order chi connectivity index (χ0) is 13.5. The molecule has 0 fully saturated rings. The molecule has 2 amide bonds. The van der Waals surface area contributed by atoms with Crippen molar-refractivity contribution in [2.75, 3.05) is 18.5 Å². The zero-order valence-electron chi connectivity index (χ0n) is 10.0. The van der Waals surface area contributed by atoms with Crippen LogP contribution in [0.3, 0.4) is 0 Å². The van der Waals surface area contributed by atoms with Crippen molar-refractivity contribution in [2.45, 2.75) is 13.0 Å². The second-order valence-corrected chi connectivity index (χ2v) is 3.80. The third-order valence-electron chi connectivity index (χ3n) is 2.22. The molecule has 1 rings (SSSR count). The smallest absolute Gasteiger partial charge is 0.251 e. The topological polar surface area (TPSA) is 98.7 Å². The Bertz CT molecular complexity index is 430. The van der Waals surface area contributed by atoms with E-state index in [4.69, 9.17) is 10.2 Å². The van der Waals surface area contributed by atoms with Crippen LogP contribution in [0, 0.1) is 0 Å². The lowest BCUT2D eigenvalue weighted by Crippen LogP contribution is -2.40. The maximum Gasteiger partial charge on any atom is 0.251 e. The third kappa shape index (κ3) is 4.15. The molecule has 4 N–H and O–H groups in total. The predicted molar refractivity (Wildman–Crippen MR) is 66.2 cm³/mol. The van der Waals surface area contributed by atoms with E-state index in [1.54, 1.807) is 18.2 Å². The van der Waals surface area contributed by atoms with E-state index in [-0.39, 0.29) is 19.1 Å². The van der Waals surface area contributed by atoms with Crippen LogP contribution in [0.5, 0.6) is 0 Å². The first-order valence-electron chi connectivity index (χ1n) is 5.47. The highest BCUT2D eigenvalue weighted by atomic mass is 16.3. The average Bonchev–Trinajstić information content (AvgIpc) is 2.35. The van der Waals surface area contributed by atoms with Gasteiger partial charge in [-0.2, -0.15) is 0 Å². The molecule has 98 valence electrons. The summed E-state index contributed by atoms with van der Waals surface area (Å²) in [6.07, 6.45) is 0. The summed E-state index contributed by atoms with van der Waals surface area (Å²) in [6.45, 7) is 0.696. The van der Waals surface area contributed by atoms with E-state index >= 15 is 0 Å². The molecule has 0 aromatic heterocycles. The first-order chi connectivity index (χ1) is 8.56. The van der Waals surface area contributed by atoms with Gasteiger partial charge in [-0.1, -0.05) is 6.07 Å². The molecular weight excluding hydrogens is 236 g/mol. The third-order valence-corrected chi connectivity index (χ3v) is 2.22. The monoisotopic (exact) mass is 252 g/mol. The van der Waals surface area contributed by atoms with Crippen LogP contribution >= 0.6 is 0 Å². The van der Waals surface area contributed by atoms with Gasteiger partial charge in [-0.05, 0) is 18.2 Å². The van der Waals surface area contributed by atoms with E-state index in [0.717, 1.165) is 0 Å². The maximum atomic E-state index is 11.8. The lowest BCUT2D eigenvalue weighted by molar-refractivity contribution is -0.114. The molecule has 0 saturated heterocycles. The highest BCUT2D eigenvalue weighted by molar-refractivity contribution is 5.96. The highest BCUT2D eigenvalue weighted by Crippen LogP contribution is 2.10. The van der Waals surface area contributed by atoms with Gasteiger partial charge in [0.25, 0.3) is 5.91 Å². The summed E-state index contributed by atoms with van der Waals surface area (Å²) in [6, 6.07) is 5.69. The van der Waals surface area contributed by atoms with Gasteiger partial charge in [0.2, 0.25) is 5.91 Å². The Hall–Kier alpha value is -1.92. The van der Waals surface area contributed by atoms with Gasteiger partial charge in [0, 0.05) is 18.2 Å². The standard InChI is InChI=1S/C12H16N2O4/c1-8(17)13-10-4-2-3-9(5-10)12(18)14-11(6-15)7-16/h2-5,11,15-16H,6-7H2,1H3,(H,13,17)(H,14,18). The lowest BCUT2D eigenvalue weighted by atomic mass is 10.1. The van der Waals surface area contributed by atoms with Crippen LogP contribution in [0.1, 0.15) is 17.3 Å². The minimum atomic E-state index is -0.693. The molecule has 0 radical (unpaired) electrons. The molecule has 6 nitrogen and oxygen atoms in total. The fraction of sp³-hybridized carbons (Fsp3) is 0.333. The number of amides is 2. The number of carbonyl (C=O) groups is 2. The summed E-state index contributed by atoms with van der Waals surface area (Å²) in [4.78, 5) is 22.7. The average molecular weight is 252 g/mol. The van der Waals surface area contributed by atoms with Crippen LogP contribution in [0.25, 0.3) is 0 Å². The molecule has 0 heterocycles. The van der Waals surface area contributed by atoms with Gasteiger partial charge in [-0.3, -0.25) is 9.59 Å². The van der Waals surface area contributed by atoms with Crippen molar-refractivity contribution < 1.29 is 19.8 Å². The molecule has 0 aliphatic carbocycles. The Balaban J connectivity index is 2.76. The Kier molecular flexibility index (Phi) is 5.29. The second kappa shape index (κ2) is 6.73. The molecule has 0 saturated carbocycles. The van der Waals surface area contributed by atoms with Crippen molar-refractivity contribution in [1.82, 2.24) is 5.32 Å². The molecular formula is C12H16N2O4. The van der Waals surface area contributed by atoms with Crippen molar-refractivity contribution in [3.63, 3.8) is 0 Å². The quantitative estimate of drug-likeness (QED) is 0.579. The molecule has 0 atom stereocenters.